The first-order valence-electron chi connectivity index (χ1n) is 8.20. The van der Waals surface area contributed by atoms with Gasteiger partial charge in [0.2, 0.25) is 0 Å². The summed E-state index contributed by atoms with van der Waals surface area (Å²) in [6, 6.07) is 6.49. The van der Waals surface area contributed by atoms with Gasteiger partial charge in [-0.2, -0.15) is 0 Å². The van der Waals surface area contributed by atoms with Gasteiger partial charge in [-0.05, 0) is 51.1 Å². The maximum atomic E-state index is 13.2. The van der Waals surface area contributed by atoms with E-state index in [0.717, 1.165) is 42.9 Å². The molecule has 1 aliphatic rings. The molecule has 4 nitrogen and oxygen atoms in total. The number of hydrogen-bond acceptors (Lipinski definition) is 4. The molecule has 0 N–H and O–H groups in total. The van der Waals surface area contributed by atoms with Gasteiger partial charge in [0.15, 0.2) is 0 Å². The van der Waals surface area contributed by atoms with Crippen LogP contribution in [0, 0.1) is 5.82 Å². The number of benzene rings is 1. The first kappa shape index (κ1) is 17.0. The lowest BCUT2D eigenvalue weighted by Crippen LogP contribution is -2.38. The number of nitrogens with zero attached hydrogens (tertiary/aromatic N) is 3. The van der Waals surface area contributed by atoms with Crippen molar-refractivity contribution in [1.82, 2.24) is 14.8 Å². The molecular weight excluding hydrogens is 325 g/mol. The monoisotopic (exact) mass is 347 g/mol. The van der Waals surface area contributed by atoms with Crippen molar-refractivity contribution in [3.63, 3.8) is 0 Å². The molecule has 1 aliphatic heterocycles. The van der Waals surface area contributed by atoms with Crippen molar-refractivity contribution in [2.24, 2.45) is 0 Å². The molecule has 6 heteroatoms. The minimum Gasteiger partial charge on any atom is -0.330 e. The summed E-state index contributed by atoms with van der Waals surface area (Å²) in [6.07, 6.45) is 2.99. The molecule has 24 heavy (non-hydrogen) atoms. The fraction of sp³-hybridized carbons (Fsp3) is 0.444. The molecule has 1 unspecified atom stereocenters. The van der Waals surface area contributed by atoms with E-state index in [1.54, 1.807) is 12.1 Å². The predicted octanol–water partition coefficient (Wildman–Crippen LogP) is 3.71. The predicted molar refractivity (Wildman–Crippen MR) is 93.5 cm³/mol. The molecule has 1 fully saturated rings. The standard InChI is InChI=1S/C18H22FN3OS/c1-21(2)11-17-20-15(12-24-17)18(23)22-10-4-3-5-16(22)13-6-8-14(19)9-7-13/h6-9,12,16H,3-5,10-11H2,1-2H3. The number of aromatic nitrogens is 1. The SMILES string of the molecule is CN(C)Cc1nc(C(=O)N2CCCCC2c2ccc(F)cc2)cs1. The highest BCUT2D eigenvalue weighted by atomic mass is 32.1. The van der Waals surface area contributed by atoms with Crippen molar-refractivity contribution in [1.29, 1.82) is 0 Å². The van der Waals surface area contributed by atoms with Gasteiger partial charge >= 0.3 is 0 Å². The summed E-state index contributed by atoms with van der Waals surface area (Å²) in [4.78, 5) is 21.4. The molecule has 3 rings (SSSR count). The van der Waals surface area contributed by atoms with E-state index < -0.39 is 0 Å². The van der Waals surface area contributed by atoms with Crippen LogP contribution in [-0.2, 0) is 6.54 Å². The smallest absolute Gasteiger partial charge is 0.273 e. The Morgan fingerprint density at radius 2 is 2.08 bits per heavy atom. The largest absolute Gasteiger partial charge is 0.330 e. The minimum absolute atomic E-state index is 0.00542. The Labute approximate surface area is 145 Å². The fourth-order valence-electron chi connectivity index (χ4n) is 3.11. The van der Waals surface area contributed by atoms with Crippen molar-refractivity contribution in [3.05, 3.63) is 51.7 Å². The molecule has 1 atom stereocenters. The van der Waals surface area contributed by atoms with E-state index in [2.05, 4.69) is 4.98 Å². The van der Waals surface area contributed by atoms with E-state index in [1.165, 1.54) is 23.5 Å². The highest BCUT2D eigenvalue weighted by Gasteiger charge is 2.29. The van der Waals surface area contributed by atoms with Crippen molar-refractivity contribution < 1.29 is 9.18 Å². The van der Waals surface area contributed by atoms with E-state index >= 15 is 0 Å². The molecule has 128 valence electrons. The van der Waals surface area contributed by atoms with Crippen LogP contribution in [-0.4, -0.2) is 41.3 Å². The Bertz CT molecular complexity index is 699. The molecule has 0 saturated carbocycles. The second-order valence-corrected chi connectivity index (χ2v) is 7.37. The second kappa shape index (κ2) is 7.40. The van der Waals surface area contributed by atoms with Crippen LogP contribution in [0.2, 0.25) is 0 Å². The average Bonchev–Trinajstić information content (AvgIpc) is 3.02. The number of carbonyl (C=O) groups is 1. The number of carbonyl (C=O) groups excluding carboxylic acids is 1. The topological polar surface area (TPSA) is 36.4 Å². The molecule has 1 aromatic carbocycles. The Morgan fingerprint density at radius 1 is 1.33 bits per heavy atom. The average molecular weight is 347 g/mol. The molecule has 1 amide bonds. The summed E-state index contributed by atoms with van der Waals surface area (Å²) in [5.74, 6) is -0.273. The lowest BCUT2D eigenvalue weighted by Gasteiger charge is -2.35. The summed E-state index contributed by atoms with van der Waals surface area (Å²) in [7, 11) is 3.97. The zero-order valence-electron chi connectivity index (χ0n) is 14.0. The lowest BCUT2D eigenvalue weighted by atomic mass is 9.95. The lowest BCUT2D eigenvalue weighted by molar-refractivity contribution is 0.0606. The molecule has 1 aromatic heterocycles. The summed E-state index contributed by atoms with van der Waals surface area (Å²) in [5.41, 5.74) is 1.51. The number of rotatable bonds is 4. The zero-order valence-corrected chi connectivity index (χ0v) is 14.9. The van der Waals surface area contributed by atoms with E-state index in [9.17, 15) is 9.18 Å². The quantitative estimate of drug-likeness (QED) is 0.846. The number of halogens is 1. The zero-order chi connectivity index (χ0) is 17.1. The number of thiazole rings is 1. The second-order valence-electron chi connectivity index (χ2n) is 6.43. The van der Waals surface area contributed by atoms with Crippen molar-refractivity contribution in [3.8, 4) is 0 Å². The normalized spacial score (nSPS) is 18.2. The van der Waals surface area contributed by atoms with Crippen LogP contribution in [0.4, 0.5) is 4.39 Å². The minimum atomic E-state index is -0.250. The third kappa shape index (κ3) is 3.82. The first-order chi connectivity index (χ1) is 11.5. The highest BCUT2D eigenvalue weighted by molar-refractivity contribution is 7.09. The third-order valence-electron chi connectivity index (χ3n) is 4.24. The summed E-state index contributed by atoms with van der Waals surface area (Å²) in [6.45, 7) is 1.46. The van der Waals surface area contributed by atoms with Crippen LogP contribution >= 0.6 is 11.3 Å². The molecule has 0 spiro atoms. The van der Waals surface area contributed by atoms with E-state index in [4.69, 9.17) is 0 Å². The molecule has 2 aromatic rings. The number of likely N-dealkylation sites (tertiary alicyclic amines) is 1. The van der Waals surface area contributed by atoms with E-state index in [0.29, 0.717) is 5.69 Å². The van der Waals surface area contributed by atoms with Crippen LogP contribution in [0.5, 0.6) is 0 Å². The Hall–Kier alpha value is -1.79. The maximum Gasteiger partial charge on any atom is 0.273 e. The molecule has 0 radical (unpaired) electrons. The van der Waals surface area contributed by atoms with Crippen molar-refractivity contribution >= 4 is 17.2 Å². The molecule has 2 heterocycles. The summed E-state index contributed by atoms with van der Waals surface area (Å²) < 4.78 is 13.2. The molecular formula is C18H22FN3OS. The van der Waals surface area contributed by atoms with Gasteiger partial charge in [0, 0.05) is 18.5 Å². The van der Waals surface area contributed by atoms with Gasteiger partial charge in [-0.15, -0.1) is 11.3 Å². The van der Waals surface area contributed by atoms with Gasteiger partial charge < -0.3 is 9.80 Å². The van der Waals surface area contributed by atoms with Gasteiger partial charge in [-0.3, -0.25) is 4.79 Å². The van der Waals surface area contributed by atoms with Crippen LogP contribution < -0.4 is 0 Å². The van der Waals surface area contributed by atoms with Crippen LogP contribution in [0.3, 0.4) is 0 Å². The number of amides is 1. The molecule has 1 saturated heterocycles. The fourth-order valence-corrected chi connectivity index (χ4v) is 3.99. The maximum absolute atomic E-state index is 13.2. The van der Waals surface area contributed by atoms with Gasteiger partial charge in [-0.1, -0.05) is 12.1 Å². The Balaban J connectivity index is 1.80. The Kier molecular flexibility index (Phi) is 5.26. The van der Waals surface area contributed by atoms with Crippen molar-refractivity contribution in [2.75, 3.05) is 20.6 Å². The van der Waals surface area contributed by atoms with Gasteiger partial charge in [-0.25, -0.2) is 9.37 Å². The first-order valence-corrected chi connectivity index (χ1v) is 9.08. The summed E-state index contributed by atoms with van der Waals surface area (Å²) in [5, 5.41) is 2.79. The van der Waals surface area contributed by atoms with Gasteiger partial charge in [0.25, 0.3) is 5.91 Å². The van der Waals surface area contributed by atoms with E-state index in [-0.39, 0.29) is 17.8 Å². The van der Waals surface area contributed by atoms with E-state index in [1.807, 2.05) is 29.3 Å². The summed E-state index contributed by atoms with van der Waals surface area (Å²) >= 11 is 1.52. The molecule has 0 bridgehead atoms. The third-order valence-corrected chi connectivity index (χ3v) is 5.07. The number of piperidine rings is 1. The van der Waals surface area contributed by atoms with Crippen LogP contribution in [0.1, 0.15) is 46.4 Å². The Morgan fingerprint density at radius 3 is 2.79 bits per heavy atom. The highest BCUT2D eigenvalue weighted by Crippen LogP contribution is 2.32. The number of hydrogen-bond donors (Lipinski definition) is 0. The van der Waals surface area contributed by atoms with Crippen LogP contribution in [0.15, 0.2) is 29.6 Å². The molecule has 0 aliphatic carbocycles. The van der Waals surface area contributed by atoms with Gasteiger partial charge in [0.05, 0.1) is 6.04 Å². The van der Waals surface area contributed by atoms with Crippen LogP contribution in [0.25, 0.3) is 0 Å². The van der Waals surface area contributed by atoms with Crippen molar-refractivity contribution in [2.45, 2.75) is 31.8 Å². The van der Waals surface area contributed by atoms with Gasteiger partial charge in [0.1, 0.15) is 16.5 Å².